The molecule has 0 heterocycles. The van der Waals surface area contributed by atoms with Crippen LogP contribution in [0, 0.1) is 17.0 Å². The second-order valence-electron chi connectivity index (χ2n) is 5.42. The van der Waals surface area contributed by atoms with Crippen LogP contribution in [0.15, 0.2) is 53.5 Å². The first-order valence-electron chi connectivity index (χ1n) is 7.90. The highest BCUT2D eigenvalue weighted by Crippen LogP contribution is 2.17. The molecule has 2 aromatic carbocycles. The van der Waals surface area contributed by atoms with Crippen LogP contribution in [0.4, 0.5) is 5.69 Å². The predicted octanol–water partition coefficient (Wildman–Crippen LogP) is 3.16. The summed E-state index contributed by atoms with van der Waals surface area (Å²) < 4.78 is 0. The Morgan fingerprint density at radius 3 is 2.50 bits per heavy atom. The molecule has 2 N–H and O–H groups in total. The molecule has 0 amide bonds. The number of aliphatic imine (C=N–C) groups is 1. The molecule has 0 fully saturated rings. The summed E-state index contributed by atoms with van der Waals surface area (Å²) in [7, 11) is 0. The number of rotatable bonds is 6. The molecular formula is C18H22N4O2. The maximum atomic E-state index is 11.1. The summed E-state index contributed by atoms with van der Waals surface area (Å²) in [6.45, 7) is 5.64. The smallest absolute Gasteiger partial charge is 0.274 e. The van der Waals surface area contributed by atoms with Crippen LogP contribution < -0.4 is 10.6 Å². The minimum absolute atomic E-state index is 0.111. The number of hydrogen-bond donors (Lipinski definition) is 2. The molecule has 2 rings (SSSR count). The van der Waals surface area contributed by atoms with E-state index >= 15 is 0 Å². The SMILES string of the molecule is CCNC(=NCc1ccc(C)cc1)NCc1ccccc1[N+](=O)[O-]. The van der Waals surface area contributed by atoms with Crippen molar-refractivity contribution < 1.29 is 4.92 Å². The molecule has 24 heavy (non-hydrogen) atoms. The number of guanidine groups is 1. The quantitative estimate of drug-likeness (QED) is 0.370. The minimum Gasteiger partial charge on any atom is -0.357 e. The maximum absolute atomic E-state index is 11.1. The summed E-state index contributed by atoms with van der Waals surface area (Å²) in [6, 6.07) is 14.9. The first kappa shape index (κ1) is 17.5. The Morgan fingerprint density at radius 1 is 1.12 bits per heavy atom. The highest BCUT2D eigenvalue weighted by atomic mass is 16.6. The van der Waals surface area contributed by atoms with Gasteiger partial charge in [-0.2, -0.15) is 0 Å². The monoisotopic (exact) mass is 326 g/mol. The van der Waals surface area contributed by atoms with Crippen molar-refractivity contribution in [1.29, 1.82) is 0 Å². The Bertz CT molecular complexity index is 711. The number of nitro groups is 1. The van der Waals surface area contributed by atoms with Gasteiger partial charge in [-0.15, -0.1) is 0 Å². The number of nitrogens with one attached hydrogen (secondary N) is 2. The fourth-order valence-corrected chi connectivity index (χ4v) is 2.22. The fourth-order valence-electron chi connectivity index (χ4n) is 2.22. The third-order valence-electron chi connectivity index (χ3n) is 3.52. The molecule has 0 bridgehead atoms. The maximum Gasteiger partial charge on any atom is 0.274 e. The van der Waals surface area contributed by atoms with E-state index in [1.165, 1.54) is 11.6 Å². The number of aryl methyl sites for hydroxylation is 1. The Morgan fingerprint density at radius 2 is 1.83 bits per heavy atom. The number of benzene rings is 2. The van der Waals surface area contributed by atoms with Crippen molar-refractivity contribution in [3.63, 3.8) is 0 Å². The second kappa shape index (κ2) is 8.67. The van der Waals surface area contributed by atoms with E-state index in [0.29, 0.717) is 24.6 Å². The van der Waals surface area contributed by atoms with E-state index < -0.39 is 0 Å². The van der Waals surface area contributed by atoms with Crippen LogP contribution in [0.2, 0.25) is 0 Å². The summed E-state index contributed by atoms with van der Waals surface area (Å²) in [5, 5.41) is 17.4. The minimum atomic E-state index is -0.368. The third kappa shape index (κ3) is 5.08. The Balaban J connectivity index is 2.04. The molecule has 0 aliphatic heterocycles. The molecule has 0 aliphatic rings. The van der Waals surface area contributed by atoms with E-state index in [0.717, 1.165) is 12.1 Å². The van der Waals surface area contributed by atoms with Gasteiger partial charge in [-0.3, -0.25) is 10.1 Å². The summed E-state index contributed by atoms with van der Waals surface area (Å²) in [4.78, 5) is 15.2. The van der Waals surface area contributed by atoms with Crippen LogP contribution in [0.1, 0.15) is 23.6 Å². The molecule has 0 radical (unpaired) electrons. The lowest BCUT2D eigenvalue weighted by atomic mass is 10.1. The summed E-state index contributed by atoms with van der Waals surface area (Å²) in [5.41, 5.74) is 3.07. The normalized spacial score (nSPS) is 11.2. The highest BCUT2D eigenvalue weighted by Gasteiger charge is 2.12. The zero-order valence-corrected chi connectivity index (χ0v) is 14.0. The van der Waals surface area contributed by atoms with Gasteiger partial charge in [0.1, 0.15) is 0 Å². The number of nitro benzene ring substituents is 1. The van der Waals surface area contributed by atoms with Crippen LogP contribution in [-0.4, -0.2) is 17.4 Å². The van der Waals surface area contributed by atoms with Gasteiger partial charge in [0.25, 0.3) is 5.69 Å². The van der Waals surface area contributed by atoms with Crippen molar-refractivity contribution >= 4 is 11.6 Å². The van der Waals surface area contributed by atoms with Gasteiger partial charge in [-0.1, -0.05) is 48.0 Å². The van der Waals surface area contributed by atoms with Gasteiger partial charge >= 0.3 is 0 Å². The molecule has 2 aromatic rings. The Hall–Kier alpha value is -2.89. The zero-order valence-electron chi connectivity index (χ0n) is 14.0. The van der Waals surface area contributed by atoms with Crippen molar-refractivity contribution in [3.05, 3.63) is 75.3 Å². The molecule has 0 unspecified atom stereocenters. The molecule has 0 aromatic heterocycles. The second-order valence-corrected chi connectivity index (χ2v) is 5.42. The van der Waals surface area contributed by atoms with E-state index in [1.807, 2.05) is 26.0 Å². The van der Waals surface area contributed by atoms with Gasteiger partial charge < -0.3 is 10.6 Å². The van der Waals surface area contributed by atoms with Crippen LogP contribution in [0.3, 0.4) is 0 Å². The zero-order chi connectivity index (χ0) is 17.4. The summed E-state index contributed by atoms with van der Waals surface area (Å²) in [6.07, 6.45) is 0. The average Bonchev–Trinajstić information content (AvgIpc) is 2.59. The van der Waals surface area contributed by atoms with E-state index in [2.05, 4.69) is 27.8 Å². The summed E-state index contributed by atoms with van der Waals surface area (Å²) in [5.74, 6) is 0.635. The summed E-state index contributed by atoms with van der Waals surface area (Å²) >= 11 is 0. The van der Waals surface area contributed by atoms with Gasteiger partial charge in [0.05, 0.1) is 11.5 Å². The van der Waals surface area contributed by atoms with Crippen molar-refractivity contribution in [2.45, 2.75) is 26.9 Å². The topological polar surface area (TPSA) is 79.6 Å². The van der Waals surface area contributed by atoms with E-state index in [-0.39, 0.29) is 10.6 Å². The van der Waals surface area contributed by atoms with Crippen LogP contribution in [-0.2, 0) is 13.1 Å². The van der Waals surface area contributed by atoms with Gasteiger partial charge in [-0.05, 0) is 19.4 Å². The molecule has 0 aliphatic carbocycles. The van der Waals surface area contributed by atoms with Gasteiger partial charge in [-0.25, -0.2) is 4.99 Å². The standard InChI is InChI=1S/C18H22N4O2/c1-3-19-18(20-12-15-10-8-14(2)9-11-15)21-13-16-6-4-5-7-17(16)22(23)24/h4-11H,3,12-13H2,1-2H3,(H2,19,20,21). The molecule has 0 saturated carbocycles. The van der Waals surface area contributed by atoms with Crippen LogP contribution in [0.5, 0.6) is 0 Å². The number of nitrogens with zero attached hydrogens (tertiary/aromatic N) is 2. The van der Waals surface area contributed by atoms with Gasteiger partial charge in [0, 0.05) is 24.7 Å². The molecule has 0 saturated heterocycles. The molecule has 6 nitrogen and oxygen atoms in total. The highest BCUT2D eigenvalue weighted by molar-refractivity contribution is 5.79. The first-order valence-corrected chi connectivity index (χ1v) is 7.90. The van der Waals surface area contributed by atoms with Crippen LogP contribution in [0.25, 0.3) is 0 Å². The molecule has 126 valence electrons. The lowest BCUT2D eigenvalue weighted by Gasteiger charge is -2.11. The first-order chi connectivity index (χ1) is 11.6. The Kier molecular flexibility index (Phi) is 6.31. The molecule has 0 atom stereocenters. The van der Waals surface area contributed by atoms with Crippen molar-refractivity contribution in [1.82, 2.24) is 10.6 Å². The molecular weight excluding hydrogens is 304 g/mol. The van der Waals surface area contributed by atoms with Gasteiger partial charge in [0.15, 0.2) is 5.96 Å². The van der Waals surface area contributed by atoms with Crippen molar-refractivity contribution in [3.8, 4) is 0 Å². The van der Waals surface area contributed by atoms with E-state index in [9.17, 15) is 10.1 Å². The number of hydrogen-bond acceptors (Lipinski definition) is 3. The lowest BCUT2D eigenvalue weighted by molar-refractivity contribution is -0.385. The van der Waals surface area contributed by atoms with Crippen molar-refractivity contribution in [2.75, 3.05) is 6.54 Å². The predicted molar refractivity (Wildman–Crippen MR) is 95.9 cm³/mol. The number of para-hydroxylation sites is 1. The van der Waals surface area contributed by atoms with Crippen molar-refractivity contribution in [2.24, 2.45) is 4.99 Å². The molecule has 0 spiro atoms. The van der Waals surface area contributed by atoms with Crippen LogP contribution >= 0.6 is 0 Å². The van der Waals surface area contributed by atoms with Gasteiger partial charge in [0.2, 0.25) is 0 Å². The lowest BCUT2D eigenvalue weighted by Crippen LogP contribution is -2.36. The molecule has 6 heteroatoms. The van der Waals surface area contributed by atoms with E-state index in [1.54, 1.807) is 18.2 Å². The average molecular weight is 326 g/mol. The third-order valence-corrected chi connectivity index (χ3v) is 3.52. The fraction of sp³-hybridized carbons (Fsp3) is 0.278. The Labute approximate surface area is 141 Å². The van der Waals surface area contributed by atoms with E-state index in [4.69, 9.17) is 0 Å². The largest absolute Gasteiger partial charge is 0.357 e.